The molecule has 0 bridgehead atoms. The van der Waals surface area contributed by atoms with E-state index in [1.54, 1.807) is 0 Å². The highest BCUT2D eigenvalue weighted by Gasteiger charge is 2.22. The molecule has 2 rings (SSSR count). The normalized spacial score (nSPS) is 10.7. The van der Waals surface area contributed by atoms with E-state index in [0.29, 0.717) is 12.1 Å². The van der Waals surface area contributed by atoms with Crippen molar-refractivity contribution in [1.82, 2.24) is 9.78 Å². The number of benzene rings is 1. The van der Waals surface area contributed by atoms with E-state index in [1.807, 2.05) is 31.2 Å². The number of carboxylic acid groups (broad SMARTS) is 1. The van der Waals surface area contributed by atoms with Gasteiger partial charge >= 0.3 is 5.97 Å². The SMILES string of the molecule is CCCc1nn(-c2cccc(Br)c2)c(Cl)c1C(=O)O. The Hall–Kier alpha value is -1.33. The number of hydrogen-bond acceptors (Lipinski definition) is 2. The Morgan fingerprint density at radius 2 is 2.26 bits per heavy atom. The van der Waals surface area contributed by atoms with Crippen molar-refractivity contribution in [2.75, 3.05) is 0 Å². The van der Waals surface area contributed by atoms with Gasteiger partial charge in [-0.3, -0.25) is 0 Å². The Kier molecular flexibility index (Phi) is 4.27. The molecule has 0 unspecified atom stereocenters. The van der Waals surface area contributed by atoms with Crippen LogP contribution in [0.3, 0.4) is 0 Å². The fourth-order valence-electron chi connectivity index (χ4n) is 1.84. The van der Waals surface area contributed by atoms with Crippen LogP contribution in [0.15, 0.2) is 28.7 Å². The van der Waals surface area contributed by atoms with Crippen LogP contribution in [0.1, 0.15) is 29.4 Å². The molecule has 6 heteroatoms. The van der Waals surface area contributed by atoms with Gasteiger partial charge in [0.2, 0.25) is 0 Å². The molecule has 0 atom stereocenters. The van der Waals surface area contributed by atoms with E-state index in [0.717, 1.165) is 16.6 Å². The second-order valence-corrected chi connectivity index (χ2v) is 5.33. The van der Waals surface area contributed by atoms with Crippen LogP contribution in [0, 0.1) is 0 Å². The largest absolute Gasteiger partial charge is 0.478 e. The van der Waals surface area contributed by atoms with Crippen LogP contribution in [0.5, 0.6) is 0 Å². The number of aromatic carboxylic acids is 1. The summed E-state index contributed by atoms with van der Waals surface area (Å²) in [5.74, 6) is -1.05. The lowest BCUT2D eigenvalue weighted by atomic mass is 10.2. The van der Waals surface area contributed by atoms with Crippen LogP contribution in [0.25, 0.3) is 5.69 Å². The van der Waals surface area contributed by atoms with Crippen molar-refractivity contribution < 1.29 is 9.90 Å². The van der Waals surface area contributed by atoms with Gasteiger partial charge in [0.25, 0.3) is 0 Å². The molecule has 19 heavy (non-hydrogen) atoms. The highest BCUT2D eigenvalue weighted by atomic mass is 79.9. The first-order valence-electron chi connectivity index (χ1n) is 5.81. The monoisotopic (exact) mass is 342 g/mol. The van der Waals surface area contributed by atoms with Crippen molar-refractivity contribution in [1.29, 1.82) is 0 Å². The van der Waals surface area contributed by atoms with Gasteiger partial charge in [0.05, 0.1) is 11.4 Å². The topological polar surface area (TPSA) is 55.1 Å². The number of nitrogens with zero attached hydrogens (tertiary/aromatic N) is 2. The number of aryl methyl sites for hydroxylation is 1. The average molecular weight is 344 g/mol. The molecule has 1 aromatic heterocycles. The van der Waals surface area contributed by atoms with E-state index in [1.165, 1.54) is 4.68 Å². The third kappa shape index (κ3) is 2.82. The number of halogens is 2. The Labute approximate surface area is 124 Å². The lowest BCUT2D eigenvalue weighted by Gasteiger charge is -2.03. The second kappa shape index (κ2) is 5.75. The molecular weight excluding hydrogens is 332 g/mol. The molecule has 0 aliphatic heterocycles. The predicted octanol–water partition coefficient (Wildman–Crippen LogP) is 3.94. The third-order valence-electron chi connectivity index (χ3n) is 2.65. The van der Waals surface area contributed by atoms with Crippen LogP contribution >= 0.6 is 27.5 Å². The lowest BCUT2D eigenvalue weighted by Crippen LogP contribution is -2.00. The number of rotatable bonds is 4. The first-order chi connectivity index (χ1) is 9.04. The van der Waals surface area contributed by atoms with E-state index in [9.17, 15) is 9.90 Å². The molecule has 0 amide bonds. The van der Waals surface area contributed by atoms with E-state index in [-0.39, 0.29) is 10.7 Å². The number of hydrogen-bond donors (Lipinski definition) is 1. The predicted molar refractivity (Wildman–Crippen MR) is 77.2 cm³/mol. The van der Waals surface area contributed by atoms with Crippen molar-refractivity contribution >= 4 is 33.5 Å². The van der Waals surface area contributed by atoms with Crippen LogP contribution < -0.4 is 0 Å². The Balaban J connectivity index is 2.59. The van der Waals surface area contributed by atoms with Gasteiger partial charge in [-0.2, -0.15) is 5.10 Å². The van der Waals surface area contributed by atoms with Gasteiger partial charge in [-0.05, 0) is 24.6 Å². The highest BCUT2D eigenvalue weighted by molar-refractivity contribution is 9.10. The van der Waals surface area contributed by atoms with Crippen molar-refractivity contribution in [3.63, 3.8) is 0 Å². The van der Waals surface area contributed by atoms with E-state index in [2.05, 4.69) is 21.0 Å². The maximum Gasteiger partial charge on any atom is 0.340 e. The van der Waals surface area contributed by atoms with E-state index < -0.39 is 5.97 Å². The molecule has 1 aromatic carbocycles. The maximum atomic E-state index is 11.3. The van der Waals surface area contributed by atoms with Gasteiger partial charge in [-0.25, -0.2) is 9.48 Å². The van der Waals surface area contributed by atoms with Crippen LogP contribution in [0.4, 0.5) is 0 Å². The summed E-state index contributed by atoms with van der Waals surface area (Å²) in [6.07, 6.45) is 1.40. The number of carbonyl (C=O) groups is 1. The highest BCUT2D eigenvalue weighted by Crippen LogP contribution is 2.26. The average Bonchev–Trinajstić information content (AvgIpc) is 2.67. The number of aromatic nitrogens is 2. The molecule has 0 radical (unpaired) electrons. The van der Waals surface area contributed by atoms with Gasteiger partial charge in [0.1, 0.15) is 10.7 Å². The van der Waals surface area contributed by atoms with E-state index in [4.69, 9.17) is 11.6 Å². The van der Waals surface area contributed by atoms with Crippen LogP contribution in [-0.4, -0.2) is 20.9 Å². The fraction of sp³-hybridized carbons (Fsp3) is 0.231. The third-order valence-corrected chi connectivity index (χ3v) is 3.50. The minimum absolute atomic E-state index is 0.0866. The lowest BCUT2D eigenvalue weighted by molar-refractivity contribution is 0.0696. The van der Waals surface area contributed by atoms with Crippen LogP contribution in [0.2, 0.25) is 5.15 Å². The maximum absolute atomic E-state index is 11.3. The summed E-state index contributed by atoms with van der Waals surface area (Å²) < 4.78 is 2.34. The summed E-state index contributed by atoms with van der Waals surface area (Å²) in [6, 6.07) is 7.38. The summed E-state index contributed by atoms with van der Waals surface area (Å²) in [5, 5.41) is 13.7. The summed E-state index contributed by atoms with van der Waals surface area (Å²) in [7, 11) is 0. The zero-order valence-electron chi connectivity index (χ0n) is 10.2. The summed E-state index contributed by atoms with van der Waals surface area (Å²) >= 11 is 9.52. The second-order valence-electron chi connectivity index (χ2n) is 4.06. The zero-order valence-corrected chi connectivity index (χ0v) is 12.6. The standard InChI is InChI=1S/C13H12BrClN2O2/c1-2-4-10-11(13(18)19)12(15)17(16-10)9-6-3-5-8(14)7-9/h3,5-7H,2,4H2,1H3,(H,18,19). The Morgan fingerprint density at radius 1 is 1.53 bits per heavy atom. The Morgan fingerprint density at radius 3 is 2.84 bits per heavy atom. The minimum atomic E-state index is -1.05. The van der Waals surface area contributed by atoms with Gasteiger partial charge in [0.15, 0.2) is 0 Å². The van der Waals surface area contributed by atoms with Crippen molar-refractivity contribution in [3.8, 4) is 5.69 Å². The van der Waals surface area contributed by atoms with Crippen LogP contribution in [-0.2, 0) is 6.42 Å². The molecule has 4 nitrogen and oxygen atoms in total. The van der Waals surface area contributed by atoms with Gasteiger partial charge in [-0.1, -0.05) is 46.9 Å². The molecule has 2 aromatic rings. The quantitative estimate of drug-likeness (QED) is 0.915. The number of carboxylic acids is 1. The van der Waals surface area contributed by atoms with Crippen molar-refractivity contribution in [2.45, 2.75) is 19.8 Å². The summed E-state index contributed by atoms with van der Waals surface area (Å²) in [6.45, 7) is 1.97. The molecule has 1 N–H and O–H groups in total. The van der Waals surface area contributed by atoms with Gasteiger partial charge in [-0.15, -0.1) is 0 Å². The minimum Gasteiger partial charge on any atom is -0.478 e. The van der Waals surface area contributed by atoms with Crippen molar-refractivity contribution in [2.24, 2.45) is 0 Å². The van der Waals surface area contributed by atoms with Crippen molar-refractivity contribution in [3.05, 3.63) is 45.1 Å². The Bertz CT molecular complexity index is 625. The molecule has 0 fully saturated rings. The zero-order chi connectivity index (χ0) is 14.0. The molecule has 0 saturated carbocycles. The summed E-state index contributed by atoms with van der Waals surface area (Å²) in [4.78, 5) is 11.3. The van der Waals surface area contributed by atoms with E-state index >= 15 is 0 Å². The molecule has 0 aliphatic carbocycles. The molecule has 100 valence electrons. The molecule has 0 aliphatic rings. The molecular formula is C13H12BrClN2O2. The smallest absolute Gasteiger partial charge is 0.340 e. The van der Waals surface area contributed by atoms with Gasteiger partial charge < -0.3 is 5.11 Å². The molecule has 0 saturated heterocycles. The first kappa shape index (κ1) is 14.1. The molecule has 1 heterocycles. The first-order valence-corrected chi connectivity index (χ1v) is 6.98. The van der Waals surface area contributed by atoms with Gasteiger partial charge in [0, 0.05) is 4.47 Å². The summed E-state index contributed by atoms with van der Waals surface area (Å²) in [5.41, 5.74) is 1.33. The molecule has 0 spiro atoms. The fourth-order valence-corrected chi connectivity index (χ4v) is 2.55.